The van der Waals surface area contributed by atoms with Crippen LogP contribution in [-0.4, -0.2) is 81.6 Å². The first-order valence-corrected chi connectivity index (χ1v) is 16.2. The number of thiazole rings is 1. The van der Waals surface area contributed by atoms with E-state index in [1.54, 1.807) is 24.3 Å². The van der Waals surface area contributed by atoms with E-state index in [-0.39, 0.29) is 16.9 Å². The number of hydrogen-bond donors (Lipinski definition) is 4. The fraction of sp³-hybridized carbons (Fsp3) is 0.481. The number of amidine groups is 1. The predicted octanol–water partition coefficient (Wildman–Crippen LogP) is 1.95. The third-order valence-corrected chi connectivity index (χ3v) is 8.47. The van der Waals surface area contributed by atoms with E-state index in [2.05, 4.69) is 19.4 Å². The highest BCUT2D eigenvalue weighted by Crippen LogP contribution is 2.40. The fourth-order valence-electron chi connectivity index (χ4n) is 4.92. The number of carboxylic acids is 1. The van der Waals surface area contributed by atoms with Gasteiger partial charge in [0.15, 0.2) is 16.6 Å². The van der Waals surface area contributed by atoms with Gasteiger partial charge in [-0.3, -0.25) is 19.1 Å². The van der Waals surface area contributed by atoms with E-state index in [4.69, 9.17) is 25.6 Å². The highest BCUT2D eigenvalue weighted by molar-refractivity contribution is 7.80. The van der Waals surface area contributed by atoms with Crippen molar-refractivity contribution in [3.8, 4) is 5.75 Å². The summed E-state index contributed by atoms with van der Waals surface area (Å²) in [4.78, 5) is 51.6. The smallest absolute Gasteiger partial charge is 0.418 e. The van der Waals surface area contributed by atoms with Gasteiger partial charge in [-0.15, -0.1) is 15.6 Å². The summed E-state index contributed by atoms with van der Waals surface area (Å²) < 4.78 is 41.0. The molecule has 1 saturated heterocycles. The minimum Gasteiger partial charge on any atom is -0.489 e. The summed E-state index contributed by atoms with van der Waals surface area (Å²) in [5, 5.41) is 15.4. The van der Waals surface area contributed by atoms with Crippen LogP contribution in [0, 0.1) is 5.92 Å². The van der Waals surface area contributed by atoms with Gasteiger partial charge in [-0.2, -0.15) is 13.5 Å². The molecule has 1 aromatic carbocycles. The predicted molar refractivity (Wildman–Crippen MR) is 162 cm³/mol. The molecular weight excluding hydrogens is 632 g/mol. The van der Waals surface area contributed by atoms with Crippen LogP contribution >= 0.6 is 11.3 Å². The maximum Gasteiger partial charge on any atom is 0.418 e. The van der Waals surface area contributed by atoms with Gasteiger partial charge in [-0.05, 0) is 51.0 Å². The molecule has 1 aliphatic heterocycles. The SMILES string of the molecule is CC1(C)[C@H](CC(=O)/C(=N\O[C@@H](COc2ccc(C(N)=NC3CCCCC3)cc2)C(=O)O)c2csc(N)n2)C(=O)N1OS(=O)(=O)O. The zero-order valence-corrected chi connectivity index (χ0v) is 26.1. The minimum atomic E-state index is -4.98. The molecule has 1 aromatic heterocycles. The summed E-state index contributed by atoms with van der Waals surface area (Å²) in [6.45, 7) is 2.36. The van der Waals surface area contributed by atoms with Gasteiger partial charge in [0.05, 0.1) is 17.5 Å². The number of ketones is 1. The van der Waals surface area contributed by atoms with Crippen LogP contribution in [0.3, 0.4) is 0 Å². The second-order valence-electron chi connectivity index (χ2n) is 11.1. The molecule has 244 valence electrons. The number of amides is 1. The summed E-state index contributed by atoms with van der Waals surface area (Å²) in [5.41, 5.74) is 10.8. The van der Waals surface area contributed by atoms with Crippen LogP contribution in [-0.2, 0) is 33.9 Å². The molecular formula is C27H34N6O10S2. The summed E-state index contributed by atoms with van der Waals surface area (Å²) in [6, 6.07) is 6.84. The summed E-state index contributed by atoms with van der Waals surface area (Å²) >= 11 is 0.987. The lowest BCUT2D eigenvalue weighted by atomic mass is 9.74. The monoisotopic (exact) mass is 666 g/mol. The van der Waals surface area contributed by atoms with Gasteiger partial charge in [0.2, 0.25) is 0 Å². The molecule has 4 rings (SSSR count). The topological polar surface area (TPSA) is 246 Å². The Bertz CT molecular complexity index is 1580. The second kappa shape index (κ2) is 13.9. The van der Waals surface area contributed by atoms with Gasteiger partial charge in [0.1, 0.15) is 23.9 Å². The summed E-state index contributed by atoms with van der Waals surface area (Å²) in [7, 11) is -4.98. The molecule has 2 aliphatic rings. The molecule has 16 nitrogen and oxygen atoms in total. The number of hydrogen-bond acceptors (Lipinski definition) is 13. The van der Waals surface area contributed by atoms with E-state index in [1.165, 1.54) is 25.6 Å². The quantitative estimate of drug-likeness (QED) is 0.0741. The molecule has 1 aliphatic carbocycles. The molecule has 0 spiro atoms. The number of β-lactam (4-membered cyclic amide) rings is 1. The van der Waals surface area contributed by atoms with Gasteiger partial charge in [-0.1, -0.05) is 24.4 Å². The lowest BCUT2D eigenvalue weighted by Gasteiger charge is -2.50. The lowest BCUT2D eigenvalue weighted by Crippen LogP contribution is -2.68. The molecule has 2 atom stereocenters. The number of Topliss-reactive ketones (excluding diaryl/α,β-unsaturated/α-hetero) is 1. The first kappa shape index (κ1) is 33.8. The number of carbonyl (C=O) groups is 3. The van der Waals surface area contributed by atoms with Crippen molar-refractivity contribution in [3.05, 3.63) is 40.9 Å². The highest BCUT2D eigenvalue weighted by Gasteiger charge is 2.57. The van der Waals surface area contributed by atoms with Crippen LogP contribution in [0.1, 0.15) is 63.6 Å². The largest absolute Gasteiger partial charge is 0.489 e. The third-order valence-electron chi connectivity index (χ3n) is 7.46. The Morgan fingerprint density at radius 2 is 1.87 bits per heavy atom. The number of aliphatic carboxylic acids is 1. The number of carboxylic acid groups (broad SMARTS) is 1. The Hall–Kier alpha value is -4.13. The molecule has 2 aromatic rings. The van der Waals surface area contributed by atoms with Gasteiger partial charge >= 0.3 is 16.4 Å². The number of nitrogens with two attached hydrogens (primary N) is 2. The van der Waals surface area contributed by atoms with Crippen molar-refractivity contribution < 1.29 is 46.3 Å². The molecule has 1 amide bonds. The van der Waals surface area contributed by atoms with Crippen LogP contribution in [0.25, 0.3) is 0 Å². The van der Waals surface area contributed by atoms with Crippen molar-refractivity contribution in [2.75, 3.05) is 12.3 Å². The normalized spacial score (nSPS) is 19.9. The standard InChI is InChI=1S/C27H34N6O10S2/c1-27(2)18(24(35)33(27)43-45(38,39)40)12-20(34)22(19-14-44-26(29)31-19)32-42-21(25(36)37)13-41-17-10-8-15(9-11-17)23(28)30-16-6-4-3-5-7-16/h8-11,14,16,18,21H,3-7,12-13H2,1-2H3,(H2,28,30)(H2,29,31)(H,36,37)(H,38,39,40)/b32-22-/t18-,21+/m1/s1. The number of nitrogen functional groups attached to an aromatic ring is 1. The van der Waals surface area contributed by atoms with E-state index in [1.807, 2.05) is 0 Å². The summed E-state index contributed by atoms with van der Waals surface area (Å²) in [6.07, 6.45) is 3.33. The number of aliphatic imine (C=N–C) groups is 1. The van der Waals surface area contributed by atoms with Crippen molar-refractivity contribution >= 4 is 56.1 Å². The number of anilines is 1. The Kier molecular flexibility index (Phi) is 10.4. The first-order chi connectivity index (χ1) is 21.2. The zero-order valence-electron chi connectivity index (χ0n) is 24.5. The molecule has 0 unspecified atom stereocenters. The van der Waals surface area contributed by atoms with Gasteiger partial charge < -0.3 is 26.1 Å². The van der Waals surface area contributed by atoms with E-state index in [0.29, 0.717) is 22.2 Å². The van der Waals surface area contributed by atoms with Crippen LogP contribution in [0.15, 0.2) is 39.8 Å². The Balaban J connectivity index is 1.43. The van der Waals surface area contributed by atoms with Crippen LogP contribution < -0.4 is 16.2 Å². The third kappa shape index (κ3) is 8.53. The molecule has 0 bridgehead atoms. The van der Waals surface area contributed by atoms with E-state index < -0.39 is 64.4 Å². The number of nitrogens with zero attached hydrogens (tertiary/aromatic N) is 4. The maximum absolute atomic E-state index is 13.3. The number of aromatic nitrogens is 1. The Labute approximate surface area is 263 Å². The van der Waals surface area contributed by atoms with Crippen molar-refractivity contribution in [1.29, 1.82) is 0 Å². The molecule has 6 N–H and O–H groups in total. The second-order valence-corrected chi connectivity index (χ2v) is 12.9. The first-order valence-electron chi connectivity index (χ1n) is 13.9. The zero-order chi connectivity index (χ0) is 32.9. The van der Waals surface area contributed by atoms with E-state index in [9.17, 15) is 27.9 Å². The number of carbonyl (C=O) groups excluding carboxylic acids is 2. The lowest BCUT2D eigenvalue weighted by molar-refractivity contribution is -0.228. The number of hydroxylamine groups is 2. The average Bonchev–Trinajstić information content (AvgIpc) is 3.41. The van der Waals surface area contributed by atoms with Crippen LogP contribution in [0.2, 0.25) is 0 Å². The molecule has 2 fully saturated rings. The van der Waals surface area contributed by atoms with Crippen molar-refractivity contribution in [2.45, 2.75) is 70.1 Å². The Morgan fingerprint density at radius 3 is 2.42 bits per heavy atom. The molecule has 1 saturated carbocycles. The minimum absolute atomic E-state index is 0.0220. The molecule has 45 heavy (non-hydrogen) atoms. The molecule has 2 heterocycles. The highest BCUT2D eigenvalue weighted by atomic mass is 32.3. The number of oxime groups is 1. The Morgan fingerprint density at radius 1 is 1.20 bits per heavy atom. The fourth-order valence-corrected chi connectivity index (χ4v) is 5.93. The van der Waals surface area contributed by atoms with Crippen molar-refractivity contribution in [2.24, 2.45) is 21.8 Å². The number of benzene rings is 1. The molecule has 0 radical (unpaired) electrons. The van der Waals surface area contributed by atoms with Crippen molar-refractivity contribution in [3.63, 3.8) is 0 Å². The van der Waals surface area contributed by atoms with Gasteiger partial charge in [0, 0.05) is 17.4 Å². The van der Waals surface area contributed by atoms with Gasteiger partial charge in [-0.25, -0.2) is 9.78 Å². The number of rotatable bonds is 14. The van der Waals surface area contributed by atoms with E-state index in [0.717, 1.165) is 37.0 Å². The maximum atomic E-state index is 13.3. The van der Waals surface area contributed by atoms with Crippen LogP contribution in [0.4, 0.5) is 5.13 Å². The van der Waals surface area contributed by atoms with Crippen molar-refractivity contribution in [1.82, 2.24) is 10.0 Å². The van der Waals surface area contributed by atoms with E-state index >= 15 is 0 Å². The van der Waals surface area contributed by atoms with Crippen LogP contribution in [0.5, 0.6) is 5.75 Å². The summed E-state index contributed by atoms with van der Waals surface area (Å²) in [5.74, 6) is -3.41. The van der Waals surface area contributed by atoms with Gasteiger partial charge in [0.25, 0.3) is 12.0 Å². The average molecular weight is 667 g/mol. The molecule has 18 heteroatoms. The number of ether oxygens (including phenoxy) is 1.